The number of anilines is 1. The van der Waals surface area contributed by atoms with Gasteiger partial charge in [0.1, 0.15) is 4.99 Å². The fraction of sp³-hybridized carbons (Fsp3) is 0.353. The van der Waals surface area contributed by atoms with Gasteiger partial charge in [0.2, 0.25) is 0 Å². The predicted octanol–water partition coefficient (Wildman–Crippen LogP) is 4.17. The molecule has 0 spiro atoms. The van der Waals surface area contributed by atoms with E-state index in [1.54, 1.807) is 0 Å². The van der Waals surface area contributed by atoms with Crippen LogP contribution in [0, 0.1) is 0 Å². The van der Waals surface area contributed by atoms with E-state index >= 15 is 0 Å². The minimum atomic E-state index is 0.350. The van der Waals surface area contributed by atoms with Crippen LogP contribution in [0.2, 0.25) is 0 Å². The summed E-state index contributed by atoms with van der Waals surface area (Å²) in [6, 6.07) is 12.4. The van der Waals surface area contributed by atoms with Crippen LogP contribution in [-0.2, 0) is 0 Å². The molecule has 0 bridgehead atoms. The Labute approximate surface area is 135 Å². The first-order valence-electron chi connectivity index (χ1n) is 7.28. The lowest BCUT2D eigenvalue weighted by atomic mass is 10.0. The summed E-state index contributed by atoms with van der Waals surface area (Å²) in [6.45, 7) is 3.34. The number of thiocarbonyl (C=S) groups is 1. The van der Waals surface area contributed by atoms with Gasteiger partial charge in [-0.1, -0.05) is 36.5 Å². The Morgan fingerprint density at radius 1 is 1.29 bits per heavy atom. The molecule has 1 heterocycles. The fourth-order valence-corrected chi connectivity index (χ4v) is 4.35. The number of nitrogens with two attached hydrogens (primary N) is 1. The third-order valence-corrected chi connectivity index (χ3v) is 5.90. The van der Waals surface area contributed by atoms with E-state index in [0.717, 1.165) is 17.5 Å². The highest BCUT2D eigenvalue weighted by Crippen LogP contribution is 2.38. The zero-order chi connectivity index (χ0) is 14.9. The first-order chi connectivity index (χ1) is 10.1. The van der Waals surface area contributed by atoms with Gasteiger partial charge in [-0.3, -0.25) is 0 Å². The summed E-state index contributed by atoms with van der Waals surface area (Å²) in [5.41, 5.74) is 7.95. The lowest BCUT2D eigenvalue weighted by molar-refractivity contribution is 0.635. The molecular weight excluding hydrogens is 296 g/mol. The number of fused-ring (bicyclic) bond motifs is 1. The largest absolute Gasteiger partial charge is 0.389 e. The maximum Gasteiger partial charge on any atom is 0.104 e. The van der Waals surface area contributed by atoms with E-state index in [2.05, 4.69) is 48.3 Å². The van der Waals surface area contributed by atoms with Crippen molar-refractivity contribution in [3.05, 3.63) is 42.0 Å². The summed E-state index contributed by atoms with van der Waals surface area (Å²) in [4.78, 5) is 0.455. The second-order valence-corrected chi connectivity index (χ2v) is 7.95. The van der Waals surface area contributed by atoms with E-state index < -0.39 is 0 Å². The van der Waals surface area contributed by atoms with Gasteiger partial charge in [0.15, 0.2) is 0 Å². The maximum absolute atomic E-state index is 5.83. The van der Waals surface area contributed by atoms with Crippen LogP contribution < -0.4 is 11.1 Å². The summed E-state index contributed by atoms with van der Waals surface area (Å²) in [5, 5.41) is 5.94. The van der Waals surface area contributed by atoms with E-state index in [1.807, 2.05) is 12.1 Å². The van der Waals surface area contributed by atoms with E-state index in [-0.39, 0.29) is 0 Å². The number of hydrogen-bond acceptors (Lipinski definition) is 3. The molecule has 0 aliphatic carbocycles. The van der Waals surface area contributed by atoms with E-state index in [0.29, 0.717) is 9.74 Å². The van der Waals surface area contributed by atoms with Crippen molar-refractivity contribution in [1.29, 1.82) is 0 Å². The van der Waals surface area contributed by atoms with Crippen LogP contribution in [0.25, 0.3) is 10.8 Å². The molecular formula is C17H20N2S2. The normalized spacial score (nSPS) is 21.6. The molecule has 3 rings (SSSR count). The first kappa shape index (κ1) is 14.7. The minimum absolute atomic E-state index is 0.350. The highest BCUT2D eigenvalue weighted by atomic mass is 32.2. The van der Waals surface area contributed by atoms with Crippen LogP contribution in [-0.4, -0.2) is 22.0 Å². The topological polar surface area (TPSA) is 38.0 Å². The number of rotatable bonds is 4. The van der Waals surface area contributed by atoms with E-state index in [9.17, 15) is 0 Å². The van der Waals surface area contributed by atoms with Crippen LogP contribution in [0.5, 0.6) is 0 Å². The third-order valence-electron chi connectivity index (χ3n) is 4.14. The van der Waals surface area contributed by atoms with Crippen molar-refractivity contribution < 1.29 is 0 Å². The monoisotopic (exact) mass is 316 g/mol. The standard InChI is InChI=1S/C17H20N2S2/c1-17(9-4-10-21-17)11-19-15-8-7-14(16(18)20)12-5-2-3-6-13(12)15/h2-3,5-8,19H,4,9-11H2,1H3,(H2,18,20). The SMILES string of the molecule is CC1(CNc2ccc(C(N)=S)c3ccccc23)CCCS1. The van der Waals surface area contributed by atoms with Crippen LogP contribution in [0.1, 0.15) is 25.3 Å². The van der Waals surface area contributed by atoms with E-state index in [1.165, 1.54) is 29.7 Å². The Hall–Kier alpha value is -1.26. The van der Waals surface area contributed by atoms with Crippen LogP contribution in [0.15, 0.2) is 36.4 Å². The number of benzene rings is 2. The molecule has 2 aromatic rings. The van der Waals surface area contributed by atoms with Crippen molar-refractivity contribution in [2.45, 2.75) is 24.5 Å². The molecule has 1 atom stereocenters. The van der Waals surface area contributed by atoms with Gasteiger partial charge >= 0.3 is 0 Å². The maximum atomic E-state index is 5.83. The Morgan fingerprint density at radius 2 is 2.05 bits per heavy atom. The van der Waals surface area contributed by atoms with Gasteiger partial charge in [0.25, 0.3) is 0 Å². The Bertz CT molecular complexity index is 676. The number of nitrogens with one attached hydrogen (secondary N) is 1. The molecule has 0 amide bonds. The third kappa shape index (κ3) is 3.01. The Kier molecular flexibility index (Phi) is 4.09. The molecule has 2 aromatic carbocycles. The Morgan fingerprint density at radius 3 is 2.71 bits per heavy atom. The highest BCUT2D eigenvalue weighted by Gasteiger charge is 2.29. The van der Waals surface area contributed by atoms with Crippen molar-refractivity contribution in [3.63, 3.8) is 0 Å². The molecule has 4 heteroatoms. The van der Waals surface area contributed by atoms with Crippen LogP contribution in [0.4, 0.5) is 5.69 Å². The molecule has 1 fully saturated rings. The van der Waals surface area contributed by atoms with Gasteiger partial charge in [-0.05, 0) is 43.0 Å². The summed E-state index contributed by atoms with van der Waals surface area (Å²) in [5.74, 6) is 1.28. The zero-order valence-corrected chi connectivity index (χ0v) is 13.8. The van der Waals surface area contributed by atoms with Gasteiger partial charge in [0.05, 0.1) is 0 Å². The molecule has 0 radical (unpaired) electrons. The second-order valence-electron chi connectivity index (χ2n) is 5.83. The number of hydrogen-bond donors (Lipinski definition) is 2. The fourth-order valence-electron chi connectivity index (χ4n) is 2.93. The smallest absolute Gasteiger partial charge is 0.104 e. The van der Waals surface area contributed by atoms with Crippen LogP contribution in [0.3, 0.4) is 0 Å². The number of thioether (sulfide) groups is 1. The Balaban J connectivity index is 1.92. The molecule has 1 aliphatic rings. The van der Waals surface area contributed by atoms with E-state index in [4.69, 9.17) is 18.0 Å². The molecule has 0 saturated carbocycles. The zero-order valence-electron chi connectivity index (χ0n) is 12.2. The van der Waals surface area contributed by atoms with Gasteiger partial charge in [-0.15, -0.1) is 0 Å². The first-order valence-corrected chi connectivity index (χ1v) is 8.68. The average molecular weight is 316 g/mol. The molecule has 1 unspecified atom stereocenters. The molecule has 0 aromatic heterocycles. The minimum Gasteiger partial charge on any atom is -0.389 e. The lowest BCUT2D eigenvalue weighted by Gasteiger charge is -2.24. The summed E-state index contributed by atoms with van der Waals surface area (Å²) in [6.07, 6.45) is 2.61. The lowest BCUT2D eigenvalue weighted by Crippen LogP contribution is -2.27. The molecule has 110 valence electrons. The van der Waals surface area contributed by atoms with Crippen LogP contribution >= 0.6 is 24.0 Å². The van der Waals surface area contributed by atoms with Gasteiger partial charge in [-0.25, -0.2) is 0 Å². The second kappa shape index (κ2) is 5.85. The summed E-state index contributed by atoms with van der Waals surface area (Å²) < 4.78 is 0.350. The quantitative estimate of drug-likeness (QED) is 0.830. The molecule has 21 heavy (non-hydrogen) atoms. The van der Waals surface area contributed by atoms with Crippen molar-refractivity contribution in [3.8, 4) is 0 Å². The van der Waals surface area contributed by atoms with Crippen molar-refractivity contribution in [2.75, 3.05) is 17.6 Å². The van der Waals surface area contributed by atoms with Gasteiger partial charge in [0, 0.05) is 27.9 Å². The molecule has 3 N–H and O–H groups in total. The average Bonchev–Trinajstić information content (AvgIpc) is 2.91. The van der Waals surface area contributed by atoms with Crippen molar-refractivity contribution >= 4 is 45.4 Å². The summed E-state index contributed by atoms with van der Waals surface area (Å²) in [7, 11) is 0. The van der Waals surface area contributed by atoms with Crippen molar-refractivity contribution in [1.82, 2.24) is 0 Å². The summed E-state index contributed by atoms with van der Waals surface area (Å²) >= 11 is 7.23. The van der Waals surface area contributed by atoms with Crippen molar-refractivity contribution in [2.24, 2.45) is 5.73 Å². The van der Waals surface area contributed by atoms with Gasteiger partial charge < -0.3 is 11.1 Å². The molecule has 2 nitrogen and oxygen atoms in total. The molecule has 1 saturated heterocycles. The highest BCUT2D eigenvalue weighted by molar-refractivity contribution is 8.00. The van der Waals surface area contributed by atoms with Gasteiger partial charge in [-0.2, -0.15) is 11.8 Å². The predicted molar refractivity (Wildman–Crippen MR) is 98.4 cm³/mol. The molecule has 1 aliphatic heterocycles.